The zero-order valence-corrected chi connectivity index (χ0v) is 13.6. The number of hydrogen-bond acceptors (Lipinski definition) is 5. The number of fused-ring (bicyclic) bond motifs is 1. The fourth-order valence-electron chi connectivity index (χ4n) is 3.10. The van der Waals surface area contributed by atoms with Gasteiger partial charge < -0.3 is 9.80 Å². The first-order valence-electron chi connectivity index (χ1n) is 7.86. The average molecular weight is 326 g/mol. The van der Waals surface area contributed by atoms with Gasteiger partial charge in [-0.15, -0.1) is 11.8 Å². The van der Waals surface area contributed by atoms with Crippen LogP contribution in [0.5, 0.6) is 0 Å². The maximum Gasteiger partial charge on any atom is 0.236 e. The standard InChI is InChI=1S/C17H18N4OS/c22-16(15-12-13-4-1-2-5-14(13)23-15)20-8-10-21(11-9-20)17-18-6-3-7-19-17/h1-7,15H,8-12H2/t15-/m0/s1. The van der Waals surface area contributed by atoms with Crippen LogP contribution in [0.2, 0.25) is 0 Å². The molecule has 118 valence electrons. The molecule has 4 rings (SSSR count). The Labute approximate surface area is 139 Å². The van der Waals surface area contributed by atoms with Gasteiger partial charge in [-0.25, -0.2) is 9.97 Å². The molecule has 6 heteroatoms. The summed E-state index contributed by atoms with van der Waals surface area (Å²) >= 11 is 1.71. The van der Waals surface area contributed by atoms with Crippen LogP contribution in [0, 0.1) is 0 Å². The SMILES string of the molecule is O=C([C@@H]1Cc2ccccc2S1)N1CCN(c2ncccn2)CC1. The second-order valence-electron chi connectivity index (χ2n) is 5.78. The number of carbonyl (C=O) groups excluding carboxylic acids is 1. The summed E-state index contributed by atoms with van der Waals surface area (Å²) in [6.07, 6.45) is 4.36. The van der Waals surface area contributed by atoms with Crippen molar-refractivity contribution in [3.63, 3.8) is 0 Å². The fourth-order valence-corrected chi connectivity index (χ4v) is 4.38. The van der Waals surface area contributed by atoms with Gasteiger partial charge >= 0.3 is 0 Å². The number of nitrogens with zero attached hydrogens (tertiary/aromatic N) is 4. The van der Waals surface area contributed by atoms with Crippen LogP contribution in [0.3, 0.4) is 0 Å². The lowest BCUT2D eigenvalue weighted by molar-refractivity contribution is -0.130. The number of hydrogen-bond donors (Lipinski definition) is 0. The van der Waals surface area contributed by atoms with E-state index in [0.717, 1.165) is 38.5 Å². The van der Waals surface area contributed by atoms with E-state index in [1.807, 2.05) is 23.1 Å². The minimum atomic E-state index is 0.0342. The van der Waals surface area contributed by atoms with Gasteiger partial charge in [0.05, 0.1) is 5.25 Å². The maximum absolute atomic E-state index is 12.8. The first-order chi connectivity index (χ1) is 11.3. The Morgan fingerprint density at radius 3 is 2.52 bits per heavy atom. The van der Waals surface area contributed by atoms with Crippen LogP contribution in [0.1, 0.15) is 5.56 Å². The molecule has 0 bridgehead atoms. The smallest absolute Gasteiger partial charge is 0.236 e. The summed E-state index contributed by atoms with van der Waals surface area (Å²) in [4.78, 5) is 26.7. The molecule has 1 atom stereocenters. The van der Waals surface area contributed by atoms with Gasteiger partial charge in [0.2, 0.25) is 11.9 Å². The van der Waals surface area contributed by atoms with E-state index in [1.165, 1.54) is 10.5 Å². The molecule has 1 aromatic heterocycles. The summed E-state index contributed by atoms with van der Waals surface area (Å²) in [6, 6.07) is 10.1. The second-order valence-corrected chi connectivity index (χ2v) is 7.02. The quantitative estimate of drug-likeness (QED) is 0.843. The molecule has 5 nitrogen and oxygen atoms in total. The largest absolute Gasteiger partial charge is 0.338 e. The highest BCUT2D eigenvalue weighted by molar-refractivity contribution is 8.01. The molecule has 23 heavy (non-hydrogen) atoms. The van der Waals surface area contributed by atoms with Crippen molar-refractivity contribution in [2.75, 3.05) is 31.1 Å². The number of thioether (sulfide) groups is 1. The number of piperazine rings is 1. The zero-order valence-electron chi connectivity index (χ0n) is 12.8. The van der Waals surface area contributed by atoms with Crippen molar-refractivity contribution in [2.24, 2.45) is 0 Å². The molecular formula is C17H18N4OS. The maximum atomic E-state index is 12.8. The lowest BCUT2D eigenvalue weighted by atomic mass is 10.1. The van der Waals surface area contributed by atoms with E-state index in [-0.39, 0.29) is 11.2 Å². The van der Waals surface area contributed by atoms with Gasteiger partial charge in [-0.1, -0.05) is 18.2 Å². The molecule has 2 aliphatic heterocycles. The van der Waals surface area contributed by atoms with Crippen molar-refractivity contribution in [3.8, 4) is 0 Å². The number of carbonyl (C=O) groups is 1. The summed E-state index contributed by atoms with van der Waals surface area (Å²) in [5.74, 6) is 1.02. The minimum Gasteiger partial charge on any atom is -0.338 e. The minimum absolute atomic E-state index is 0.0342. The molecule has 0 N–H and O–H groups in total. The molecule has 0 radical (unpaired) electrons. The summed E-state index contributed by atoms with van der Waals surface area (Å²) in [6.45, 7) is 3.06. The Morgan fingerprint density at radius 2 is 1.78 bits per heavy atom. The van der Waals surface area contributed by atoms with E-state index in [1.54, 1.807) is 24.2 Å². The summed E-state index contributed by atoms with van der Waals surface area (Å²) in [5.41, 5.74) is 1.30. The average Bonchev–Trinajstić information content (AvgIpc) is 3.06. The number of aromatic nitrogens is 2. The van der Waals surface area contributed by atoms with Crippen molar-refractivity contribution in [3.05, 3.63) is 48.3 Å². The third-order valence-corrected chi connectivity index (χ3v) is 5.65. The van der Waals surface area contributed by atoms with Crippen LogP contribution < -0.4 is 4.90 Å². The first-order valence-corrected chi connectivity index (χ1v) is 8.74. The van der Waals surface area contributed by atoms with Crippen LogP contribution in [-0.4, -0.2) is 52.2 Å². The molecule has 1 fully saturated rings. The Kier molecular flexibility index (Phi) is 3.91. The van der Waals surface area contributed by atoms with E-state index in [9.17, 15) is 4.79 Å². The normalized spacial score (nSPS) is 20.4. The highest BCUT2D eigenvalue weighted by Crippen LogP contribution is 2.37. The predicted octanol–water partition coefficient (Wildman–Crippen LogP) is 1.84. The molecule has 1 saturated heterocycles. The van der Waals surface area contributed by atoms with Gasteiger partial charge in [-0.2, -0.15) is 0 Å². The van der Waals surface area contributed by atoms with Crippen molar-refractivity contribution in [1.82, 2.24) is 14.9 Å². The molecule has 0 saturated carbocycles. The molecule has 0 unspecified atom stereocenters. The number of amides is 1. The van der Waals surface area contributed by atoms with Gasteiger partial charge in [-0.3, -0.25) is 4.79 Å². The molecular weight excluding hydrogens is 308 g/mol. The van der Waals surface area contributed by atoms with Crippen LogP contribution >= 0.6 is 11.8 Å². The fraction of sp³-hybridized carbons (Fsp3) is 0.353. The summed E-state index contributed by atoms with van der Waals surface area (Å²) < 4.78 is 0. The lowest BCUT2D eigenvalue weighted by Crippen LogP contribution is -2.51. The van der Waals surface area contributed by atoms with Gasteiger partial charge in [0.15, 0.2) is 0 Å². The molecule has 1 amide bonds. The van der Waals surface area contributed by atoms with E-state index in [0.29, 0.717) is 0 Å². The molecule has 2 aliphatic rings. The van der Waals surface area contributed by atoms with Gasteiger partial charge in [0.25, 0.3) is 0 Å². The van der Waals surface area contributed by atoms with E-state index >= 15 is 0 Å². The van der Waals surface area contributed by atoms with Crippen LogP contribution in [0.4, 0.5) is 5.95 Å². The zero-order chi connectivity index (χ0) is 15.6. The summed E-state index contributed by atoms with van der Waals surface area (Å²) in [7, 11) is 0. The molecule has 3 heterocycles. The molecule has 2 aromatic rings. The van der Waals surface area contributed by atoms with Crippen LogP contribution in [0.15, 0.2) is 47.6 Å². The van der Waals surface area contributed by atoms with E-state index in [2.05, 4.69) is 27.0 Å². The highest BCUT2D eigenvalue weighted by atomic mass is 32.2. The van der Waals surface area contributed by atoms with Crippen molar-refractivity contribution in [2.45, 2.75) is 16.6 Å². The number of rotatable bonds is 2. The lowest BCUT2D eigenvalue weighted by Gasteiger charge is -2.35. The Bertz CT molecular complexity index is 676. The van der Waals surface area contributed by atoms with Crippen LogP contribution in [0.25, 0.3) is 0 Å². The Balaban J connectivity index is 1.37. The number of benzene rings is 1. The number of anilines is 1. The van der Waals surface area contributed by atoms with Gasteiger partial charge in [0.1, 0.15) is 0 Å². The van der Waals surface area contributed by atoms with E-state index < -0.39 is 0 Å². The third-order valence-electron chi connectivity index (χ3n) is 4.35. The molecule has 1 aromatic carbocycles. The summed E-state index contributed by atoms with van der Waals surface area (Å²) in [5, 5.41) is 0.0342. The van der Waals surface area contributed by atoms with Gasteiger partial charge in [0, 0.05) is 43.5 Å². The topological polar surface area (TPSA) is 49.3 Å². The third kappa shape index (κ3) is 2.91. The van der Waals surface area contributed by atoms with Crippen molar-refractivity contribution < 1.29 is 4.79 Å². The van der Waals surface area contributed by atoms with Crippen molar-refractivity contribution >= 4 is 23.6 Å². The Morgan fingerprint density at radius 1 is 1.04 bits per heavy atom. The monoisotopic (exact) mass is 326 g/mol. The van der Waals surface area contributed by atoms with Gasteiger partial charge in [-0.05, 0) is 24.1 Å². The van der Waals surface area contributed by atoms with Crippen LogP contribution in [-0.2, 0) is 11.2 Å². The van der Waals surface area contributed by atoms with Crippen molar-refractivity contribution in [1.29, 1.82) is 0 Å². The highest BCUT2D eigenvalue weighted by Gasteiger charge is 2.33. The molecule has 0 aliphatic carbocycles. The first kappa shape index (κ1) is 14.5. The second kappa shape index (κ2) is 6.20. The van der Waals surface area contributed by atoms with E-state index in [4.69, 9.17) is 0 Å². The predicted molar refractivity (Wildman–Crippen MR) is 90.6 cm³/mol. The Hall–Kier alpha value is -2.08. The molecule has 0 spiro atoms.